The smallest absolute Gasteiger partial charge is 0.326 e. The number of thioether (sulfide) groups is 2. The third kappa shape index (κ3) is 7.57. The van der Waals surface area contributed by atoms with E-state index < -0.39 is 30.0 Å². The van der Waals surface area contributed by atoms with E-state index in [0.29, 0.717) is 43.7 Å². The van der Waals surface area contributed by atoms with Crippen molar-refractivity contribution in [3.63, 3.8) is 0 Å². The second-order valence-electron chi connectivity index (χ2n) is 7.86. The second-order valence-corrected chi connectivity index (χ2v) is 9.83. The molecule has 2 fully saturated rings. The van der Waals surface area contributed by atoms with E-state index in [9.17, 15) is 24.3 Å². The van der Waals surface area contributed by atoms with Gasteiger partial charge in [0.25, 0.3) is 0 Å². The van der Waals surface area contributed by atoms with Crippen LogP contribution in [0.3, 0.4) is 0 Å². The Kier molecular flexibility index (Phi) is 11.0. The van der Waals surface area contributed by atoms with Crippen LogP contribution in [0.1, 0.15) is 38.5 Å². The first-order valence-electron chi connectivity index (χ1n) is 10.7. The molecule has 2 aliphatic rings. The summed E-state index contributed by atoms with van der Waals surface area (Å²) in [6.07, 6.45) is 7.45. The number of likely N-dealkylation sites (tertiary alicyclic amines) is 1. The summed E-state index contributed by atoms with van der Waals surface area (Å²) in [7, 11) is 0. The molecule has 0 spiro atoms. The van der Waals surface area contributed by atoms with Crippen LogP contribution in [0.25, 0.3) is 0 Å². The summed E-state index contributed by atoms with van der Waals surface area (Å²) in [5, 5.41) is 18.0. The van der Waals surface area contributed by atoms with Crippen molar-refractivity contribution >= 4 is 47.2 Å². The van der Waals surface area contributed by atoms with Gasteiger partial charge in [-0.05, 0) is 69.1 Å². The van der Waals surface area contributed by atoms with Crippen LogP contribution in [0.2, 0.25) is 0 Å². The molecule has 2 rings (SSSR count). The van der Waals surface area contributed by atoms with Crippen LogP contribution in [0.5, 0.6) is 0 Å². The summed E-state index contributed by atoms with van der Waals surface area (Å²) in [5.74, 6) is -0.647. The summed E-state index contributed by atoms with van der Waals surface area (Å²) in [6, 6.07) is -2.66. The first-order valence-corrected chi connectivity index (χ1v) is 13.5. The largest absolute Gasteiger partial charge is 0.480 e. The van der Waals surface area contributed by atoms with Gasteiger partial charge in [-0.1, -0.05) is 0 Å². The SMILES string of the molecule is CSCC[C@H](NC(=O)[C@@H]1CCCN1C(=O)[C@H](CCSC)NC(=O)[C@@H]1CCCN1)C(=O)O. The van der Waals surface area contributed by atoms with Crippen molar-refractivity contribution in [3.8, 4) is 0 Å². The molecule has 0 aromatic heterocycles. The maximum atomic E-state index is 13.3. The van der Waals surface area contributed by atoms with Gasteiger partial charge in [-0.2, -0.15) is 23.5 Å². The summed E-state index contributed by atoms with van der Waals surface area (Å²) in [5.41, 5.74) is 0. The van der Waals surface area contributed by atoms with Gasteiger partial charge in [-0.3, -0.25) is 14.4 Å². The minimum Gasteiger partial charge on any atom is -0.480 e. The zero-order chi connectivity index (χ0) is 22.8. The van der Waals surface area contributed by atoms with Gasteiger partial charge >= 0.3 is 5.97 Å². The molecule has 2 aliphatic heterocycles. The van der Waals surface area contributed by atoms with Crippen molar-refractivity contribution in [2.24, 2.45) is 0 Å². The second kappa shape index (κ2) is 13.2. The Balaban J connectivity index is 2.05. The minimum absolute atomic E-state index is 0.180. The third-order valence-electron chi connectivity index (χ3n) is 5.67. The number of nitrogens with zero attached hydrogens (tertiary/aromatic N) is 1. The number of carboxylic acid groups (broad SMARTS) is 1. The number of amides is 3. The molecular weight excluding hydrogens is 440 g/mol. The van der Waals surface area contributed by atoms with Crippen LogP contribution in [-0.2, 0) is 19.2 Å². The molecular formula is C20H34N4O5S2. The van der Waals surface area contributed by atoms with E-state index >= 15 is 0 Å². The van der Waals surface area contributed by atoms with E-state index in [4.69, 9.17) is 0 Å². The Morgan fingerprint density at radius 3 is 2.23 bits per heavy atom. The van der Waals surface area contributed by atoms with E-state index in [0.717, 1.165) is 19.4 Å². The number of carbonyl (C=O) groups is 4. The van der Waals surface area contributed by atoms with Gasteiger partial charge in [0.05, 0.1) is 6.04 Å². The molecule has 3 amide bonds. The predicted molar refractivity (Wildman–Crippen MR) is 123 cm³/mol. The molecule has 0 aliphatic carbocycles. The number of hydrogen-bond acceptors (Lipinski definition) is 7. The van der Waals surface area contributed by atoms with Crippen LogP contribution < -0.4 is 16.0 Å². The summed E-state index contributed by atoms with van der Waals surface area (Å²) >= 11 is 3.10. The lowest BCUT2D eigenvalue weighted by molar-refractivity contribution is -0.145. The van der Waals surface area contributed by atoms with Crippen LogP contribution in [0.15, 0.2) is 0 Å². The van der Waals surface area contributed by atoms with Crippen molar-refractivity contribution < 1.29 is 24.3 Å². The van der Waals surface area contributed by atoms with Gasteiger partial charge in [0.2, 0.25) is 17.7 Å². The van der Waals surface area contributed by atoms with Gasteiger partial charge in [0, 0.05) is 6.54 Å². The normalized spacial score (nSPS) is 22.7. The highest BCUT2D eigenvalue weighted by Crippen LogP contribution is 2.20. The van der Waals surface area contributed by atoms with Crippen LogP contribution in [0.4, 0.5) is 0 Å². The summed E-state index contributed by atoms with van der Waals surface area (Å²) in [4.78, 5) is 51.7. The van der Waals surface area contributed by atoms with Gasteiger partial charge in [0.1, 0.15) is 18.1 Å². The lowest BCUT2D eigenvalue weighted by Gasteiger charge is -2.30. The minimum atomic E-state index is -1.08. The Morgan fingerprint density at radius 1 is 1.00 bits per heavy atom. The fourth-order valence-electron chi connectivity index (χ4n) is 3.94. The first-order chi connectivity index (χ1) is 14.9. The lowest BCUT2D eigenvalue weighted by Crippen LogP contribution is -2.56. The van der Waals surface area contributed by atoms with E-state index in [1.165, 1.54) is 16.7 Å². The number of aliphatic carboxylic acids is 1. The van der Waals surface area contributed by atoms with Crippen molar-refractivity contribution in [2.75, 3.05) is 37.1 Å². The molecule has 0 aromatic carbocycles. The molecule has 176 valence electrons. The van der Waals surface area contributed by atoms with Crippen LogP contribution in [-0.4, -0.2) is 95.0 Å². The predicted octanol–water partition coefficient (Wildman–Crippen LogP) is 0.290. The number of nitrogens with one attached hydrogen (secondary N) is 3. The highest BCUT2D eigenvalue weighted by molar-refractivity contribution is 7.98. The molecule has 31 heavy (non-hydrogen) atoms. The molecule has 4 atom stereocenters. The summed E-state index contributed by atoms with van der Waals surface area (Å²) in [6.45, 7) is 1.21. The molecule has 4 N–H and O–H groups in total. The number of carbonyl (C=O) groups excluding carboxylic acids is 3. The topological polar surface area (TPSA) is 128 Å². The monoisotopic (exact) mass is 474 g/mol. The van der Waals surface area contributed by atoms with Crippen molar-refractivity contribution in [3.05, 3.63) is 0 Å². The highest BCUT2D eigenvalue weighted by atomic mass is 32.2. The van der Waals surface area contributed by atoms with Gasteiger partial charge in [-0.25, -0.2) is 4.79 Å². The molecule has 0 bridgehead atoms. The van der Waals surface area contributed by atoms with Gasteiger partial charge in [-0.15, -0.1) is 0 Å². The quantitative estimate of drug-likeness (QED) is 0.318. The molecule has 11 heteroatoms. The number of carboxylic acids is 1. The first kappa shape index (κ1) is 25.8. The zero-order valence-electron chi connectivity index (χ0n) is 18.2. The lowest BCUT2D eigenvalue weighted by atomic mass is 10.1. The fraction of sp³-hybridized carbons (Fsp3) is 0.800. The molecule has 0 aromatic rings. The average molecular weight is 475 g/mol. The Labute approximate surface area is 192 Å². The Bertz CT molecular complexity index is 645. The molecule has 2 saturated heterocycles. The summed E-state index contributed by atoms with van der Waals surface area (Å²) < 4.78 is 0. The maximum absolute atomic E-state index is 13.3. The van der Waals surface area contributed by atoms with Crippen molar-refractivity contribution in [2.45, 2.75) is 62.7 Å². The Hall–Kier alpha value is -1.46. The molecule has 0 unspecified atom stereocenters. The van der Waals surface area contributed by atoms with Crippen molar-refractivity contribution in [1.82, 2.24) is 20.9 Å². The standard InChI is InChI=1S/C20H34N4O5S2/c1-30-11-7-14(22-17(25)13-5-3-9-21-13)19(27)24-10-4-6-16(24)18(26)23-15(20(28)29)8-12-31-2/h13-16,21H,3-12H2,1-2H3,(H,22,25)(H,23,26)(H,28,29)/t13-,14-,15-,16-/m0/s1. The van der Waals surface area contributed by atoms with Gasteiger partial charge < -0.3 is 26.0 Å². The molecule has 2 heterocycles. The Morgan fingerprint density at radius 2 is 1.65 bits per heavy atom. The average Bonchev–Trinajstić information content (AvgIpc) is 3.45. The zero-order valence-corrected chi connectivity index (χ0v) is 19.9. The van der Waals surface area contributed by atoms with Crippen LogP contribution >= 0.6 is 23.5 Å². The maximum Gasteiger partial charge on any atom is 0.326 e. The van der Waals surface area contributed by atoms with Crippen molar-refractivity contribution in [1.29, 1.82) is 0 Å². The molecule has 0 radical (unpaired) electrons. The molecule has 0 saturated carbocycles. The molecule has 9 nitrogen and oxygen atoms in total. The number of hydrogen-bond donors (Lipinski definition) is 4. The van der Waals surface area contributed by atoms with E-state index in [1.54, 1.807) is 11.8 Å². The number of rotatable bonds is 12. The fourth-order valence-corrected chi connectivity index (χ4v) is 4.88. The van der Waals surface area contributed by atoms with E-state index in [1.807, 2.05) is 12.5 Å². The van der Waals surface area contributed by atoms with Crippen LogP contribution in [0, 0.1) is 0 Å². The highest BCUT2D eigenvalue weighted by Gasteiger charge is 2.39. The van der Waals surface area contributed by atoms with Gasteiger partial charge in [0.15, 0.2) is 0 Å². The van der Waals surface area contributed by atoms with E-state index in [2.05, 4.69) is 16.0 Å². The third-order valence-corrected chi connectivity index (χ3v) is 6.95. The van der Waals surface area contributed by atoms with E-state index in [-0.39, 0.29) is 17.9 Å².